The second-order valence-corrected chi connectivity index (χ2v) is 11.8. The van der Waals surface area contributed by atoms with Crippen LogP contribution in [0.5, 0.6) is 11.5 Å². The van der Waals surface area contributed by atoms with Crippen LogP contribution in [-0.4, -0.2) is 50.8 Å². The number of benzene rings is 3. The topological polar surface area (TPSA) is 145 Å². The summed E-state index contributed by atoms with van der Waals surface area (Å²) in [5.41, 5.74) is 7.67. The minimum Gasteiger partial charge on any atom is -0.497 e. The Kier molecular flexibility index (Phi) is 9.38. The predicted molar refractivity (Wildman–Crippen MR) is 168 cm³/mol. The molecule has 0 unspecified atom stereocenters. The number of methoxy groups -OCH3 is 2. The molecule has 230 valence electrons. The molecular weight excluding hydrogens is 586 g/mol. The van der Waals surface area contributed by atoms with Crippen LogP contribution in [-0.2, 0) is 14.8 Å². The lowest BCUT2D eigenvalue weighted by Gasteiger charge is -2.25. The van der Waals surface area contributed by atoms with E-state index < -0.39 is 38.0 Å². The molecule has 1 aromatic heterocycles. The smallest absolute Gasteiger partial charge is 0.289 e. The molecule has 13 heteroatoms. The van der Waals surface area contributed by atoms with E-state index in [-0.39, 0.29) is 11.4 Å². The van der Waals surface area contributed by atoms with E-state index in [1.807, 2.05) is 39.8 Å². The van der Waals surface area contributed by atoms with Gasteiger partial charge in [0.1, 0.15) is 18.0 Å². The number of hydrogen-bond donors (Lipinski definition) is 1. The first-order valence-electron chi connectivity index (χ1n) is 13.5. The first-order chi connectivity index (χ1) is 20.9. The molecule has 0 saturated carbocycles. The minimum absolute atomic E-state index is 0.0254. The van der Waals surface area contributed by atoms with Crippen molar-refractivity contribution in [3.05, 3.63) is 105 Å². The van der Waals surface area contributed by atoms with Gasteiger partial charge in [-0.05, 0) is 75.2 Å². The van der Waals surface area contributed by atoms with E-state index in [0.29, 0.717) is 5.75 Å². The van der Waals surface area contributed by atoms with Crippen molar-refractivity contribution in [3.8, 4) is 17.2 Å². The zero-order valence-electron chi connectivity index (χ0n) is 25.2. The summed E-state index contributed by atoms with van der Waals surface area (Å²) in [5, 5.41) is 15.8. The predicted octanol–water partition coefficient (Wildman–Crippen LogP) is 4.98. The van der Waals surface area contributed by atoms with Crippen LogP contribution in [0.4, 0.5) is 11.4 Å². The number of rotatable bonds is 11. The van der Waals surface area contributed by atoms with E-state index in [4.69, 9.17) is 9.47 Å². The number of nitrogens with zero attached hydrogens (tertiary/aromatic N) is 4. The van der Waals surface area contributed by atoms with Gasteiger partial charge in [-0.2, -0.15) is 5.10 Å². The molecular formula is C31H33N5O7S. The maximum Gasteiger partial charge on any atom is 0.289 e. The Hall–Kier alpha value is -5.17. The van der Waals surface area contributed by atoms with Gasteiger partial charge in [-0.1, -0.05) is 18.2 Å². The number of carbonyl (C=O) groups is 1. The molecule has 12 nitrogen and oxygen atoms in total. The number of nitro benzene ring substituents is 1. The average molecular weight is 620 g/mol. The summed E-state index contributed by atoms with van der Waals surface area (Å²) < 4.78 is 41.2. The van der Waals surface area contributed by atoms with Crippen LogP contribution < -0.4 is 19.2 Å². The Bertz CT molecular complexity index is 1870. The van der Waals surface area contributed by atoms with E-state index in [1.165, 1.54) is 56.3 Å². The van der Waals surface area contributed by atoms with Gasteiger partial charge in [0, 0.05) is 34.8 Å². The van der Waals surface area contributed by atoms with Crippen molar-refractivity contribution in [2.24, 2.45) is 5.10 Å². The number of anilines is 1. The molecule has 0 aliphatic heterocycles. The van der Waals surface area contributed by atoms with E-state index in [2.05, 4.69) is 27.2 Å². The number of ether oxygens (including phenoxy) is 2. The van der Waals surface area contributed by atoms with Crippen molar-refractivity contribution in [2.45, 2.75) is 32.6 Å². The third-order valence-electron chi connectivity index (χ3n) is 7.18. The number of nitrogens with one attached hydrogen (secondary N) is 1. The van der Waals surface area contributed by atoms with Crippen molar-refractivity contribution in [2.75, 3.05) is 25.1 Å². The number of sulfonamides is 1. The highest BCUT2D eigenvalue weighted by Gasteiger charge is 2.34. The van der Waals surface area contributed by atoms with Gasteiger partial charge in [0.2, 0.25) is 0 Å². The Labute approximate surface area is 255 Å². The molecule has 0 fully saturated rings. The second-order valence-electron chi connectivity index (χ2n) is 10.00. The number of hydrogen-bond acceptors (Lipinski definition) is 8. The minimum atomic E-state index is -4.65. The van der Waals surface area contributed by atoms with Crippen LogP contribution in [0.1, 0.15) is 28.1 Å². The molecule has 0 spiro atoms. The van der Waals surface area contributed by atoms with Gasteiger partial charge in [0.15, 0.2) is 4.90 Å². The standard InChI is InChI=1S/C31H33N5O7S/c1-20-11-12-25(15-21(20)2)35-22(3)16-24(23(35)4)18-32-33-31(37)19-34(27-14-13-26(42-5)17-29(27)43-6)44(40,41)30-10-8-7-9-28(30)36(38)39/h7-18H,19H2,1-6H3,(H,33,37)/b32-18+. The molecule has 0 radical (unpaired) electrons. The largest absolute Gasteiger partial charge is 0.497 e. The first kappa shape index (κ1) is 31.8. The monoisotopic (exact) mass is 619 g/mol. The second kappa shape index (κ2) is 13.0. The summed E-state index contributed by atoms with van der Waals surface area (Å²) in [6.07, 6.45) is 1.48. The molecule has 1 amide bonds. The summed E-state index contributed by atoms with van der Waals surface area (Å²) in [7, 11) is -1.89. The van der Waals surface area contributed by atoms with Gasteiger partial charge in [-0.15, -0.1) is 0 Å². The van der Waals surface area contributed by atoms with Gasteiger partial charge < -0.3 is 14.0 Å². The van der Waals surface area contributed by atoms with Crippen molar-refractivity contribution in [1.82, 2.24) is 9.99 Å². The number of aromatic nitrogens is 1. The van der Waals surface area contributed by atoms with Crippen LogP contribution in [0.2, 0.25) is 0 Å². The first-order valence-corrected chi connectivity index (χ1v) is 14.9. The highest BCUT2D eigenvalue weighted by Crippen LogP contribution is 2.37. The zero-order valence-corrected chi connectivity index (χ0v) is 26.0. The Morgan fingerprint density at radius 2 is 1.73 bits per heavy atom. The number of aryl methyl sites for hydroxylation is 3. The lowest BCUT2D eigenvalue weighted by atomic mass is 10.1. The quantitative estimate of drug-likeness (QED) is 0.142. The molecule has 3 aromatic carbocycles. The van der Waals surface area contributed by atoms with E-state index >= 15 is 0 Å². The van der Waals surface area contributed by atoms with Crippen molar-refractivity contribution in [3.63, 3.8) is 0 Å². The fourth-order valence-electron chi connectivity index (χ4n) is 4.76. The highest BCUT2D eigenvalue weighted by molar-refractivity contribution is 7.93. The average Bonchev–Trinajstić information content (AvgIpc) is 3.29. The summed E-state index contributed by atoms with van der Waals surface area (Å²) >= 11 is 0. The normalized spacial score (nSPS) is 11.4. The van der Waals surface area contributed by atoms with E-state index in [0.717, 1.165) is 44.6 Å². The van der Waals surface area contributed by atoms with Crippen LogP contribution in [0, 0.1) is 37.8 Å². The number of hydrazone groups is 1. The fraction of sp³-hybridized carbons (Fsp3) is 0.226. The van der Waals surface area contributed by atoms with Crippen LogP contribution in [0.25, 0.3) is 5.69 Å². The Morgan fingerprint density at radius 3 is 2.39 bits per heavy atom. The Morgan fingerprint density at radius 1 is 1.00 bits per heavy atom. The molecule has 0 atom stereocenters. The van der Waals surface area contributed by atoms with Gasteiger partial charge in [0.05, 0.1) is 31.0 Å². The molecule has 0 aliphatic carbocycles. The van der Waals surface area contributed by atoms with Crippen molar-refractivity contribution < 1.29 is 27.6 Å². The number of para-hydroxylation sites is 1. The lowest BCUT2D eigenvalue weighted by molar-refractivity contribution is -0.387. The van der Waals surface area contributed by atoms with E-state index in [9.17, 15) is 23.3 Å². The van der Waals surface area contributed by atoms with Gasteiger partial charge in [-0.3, -0.25) is 19.2 Å². The summed E-state index contributed by atoms with van der Waals surface area (Å²) in [6, 6.07) is 17.3. The molecule has 0 aliphatic rings. The lowest BCUT2D eigenvalue weighted by Crippen LogP contribution is -2.40. The molecule has 1 heterocycles. The highest BCUT2D eigenvalue weighted by atomic mass is 32.2. The molecule has 44 heavy (non-hydrogen) atoms. The van der Waals surface area contributed by atoms with E-state index in [1.54, 1.807) is 0 Å². The summed E-state index contributed by atoms with van der Waals surface area (Å²) in [6.45, 7) is 7.24. The third-order valence-corrected chi connectivity index (χ3v) is 8.99. The maximum absolute atomic E-state index is 13.9. The van der Waals surface area contributed by atoms with Crippen LogP contribution in [0.15, 0.2) is 76.7 Å². The number of carbonyl (C=O) groups excluding carboxylic acids is 1. The Balaban J connectivity index is 1.66. The molecule has 4 rings (SSSR count). The third kappa shape index (κ3) is 6.42. The van der Waals surface area contributed by atoms with Crippen LogP contribution in [0.3, 0.4) is 0 Å². The number of amides is 1. The molecule has 1 N–H and O–H groups in total. The molecule has 0 saturated heterocycles. The molecule has 0 bridgehead atoms. The van der Waals surface area contributed by atoms with Crippen molar-refractivity contribution >= 4 is 33.5 Å². The number of nitro groups is 1. The van der Waals surface area contributed by atoms with Crippen LogP contribution >= 0.6 is 0 Å². The molecule has 4 aromatic rings. The maximum atomic E-state index is 13.9. The van der Waals surface area contributed by atoms with Gasteiger partial charge in [0.25, 0.3) is 21.6 Å². The van der Waals surface area contributed by atoms with Gasteiger partial charge in [-0.25, -0.2) is 13.8 Å². The SMILES string of the molecule is COc1ccc(N(CC(=O)N/N=C/c2cc(C)n(-c3ccc(C)c(C)c3)c2C)S(=O)(=O)c2ccccc2[N+](=O)[O-])c(OC)c1. The summed E-state index contributed by atoms with van der Waals surface area (Å²) in [4.78, 5) is 23.5. The van der Waals surface area contributed by atoms with Gasteiger partial charge >= 0.3 is 0 Å². The summed E-state index contributed by atoms with van der Waals surface area (Å²) in [5.74, 6) is -0.341. The van der Waals surface area contributed by atoms with Crippen molar-refractivity contribution in [1.29, 1.82) is 0 Å². The zero-order chi connectivity index (χ0) is 32.2. The fourth-order valence-corrected chi connectivity index (χ4v) is 6.35.